The normalized spacial score (nSPS) is 14.0. The average molecular weight is 437 g/mol. The molecular formula is C27H27F3N2. The second-order valence-corrected chi connectivity index (χ2v) is 8.48. The highest BCUT2D eigenvalue weighted by Crippen LogP contribution is 2.54. The summed E-state index contributed by atoms with van der Waals surface area (Å²) < 4.78 is 39.1. The van der Waals surface area contributed by atoms with Crippen LogP contribution in [-0.2, 0) is 11.8 Å². The second-order valence-electron chi connectivity index (χ2n) is 8.48. The third kappa shape index (κ3) is 4.29. The predicted molar refractivity (Wildman–Crippen MR) is 122 cm³/mol. The van der Waals surface area contributed by atoms with Gasteiger partial charge in [-0.15, -0.1) is 0 Å². The number of alkyl halides is 3. The zero-order valence-electron chi connectivity index (χ0n) is 18.2. The molecule has 32 heavy (non-hydrogen) atoms. The molecule has 0 aliphatic heterocycles. The van der Waals surface area contributed by atoms with Gasteiger partial charge in [-0.05, 0) is 60.1 Å². The van der Waals surface area contributed by atoms with Crippen LogP contribution in [0.4, 0.5) is 13.2 Å². The molecule has 4 rings (SSSR count). The van der Waals surface area contributed by atoms with E-state index in [0.717, 1.165) is 52.8 Å². The highest BCUT2D eigenvalue weighted by atomic mass is 19.4. The number of halogens is 3. The van der Waals surface area contributed by atoms with Gasteiger partial charge in [0.05, 0.1) is 5.41 Å². The van der Waals surface area contributed by atoms with Crippen LogP contribution in [0.25, 0.3) is 11.1 Å². The number of allylic oxidation sites excluding steroid dienone is 1. The van der Waals surface area contributed by atoms with Crippen molar-refractivity contribution in [1.82, 2.24) is 10.3 Å². The number of unbranched alkanes of at least 4 members (excludes halogenated alkanes) is 1. The summed E-state index contributed by atoms with van der Waals surface area (Å²) in [6, 6.07) is 20.1. The largest absolute Gasteiger partial charge is 0.405 e. The minimum atomic E-state index is -4.31. The molecule has 0 amide bonds. The summed E-state index contributed by atoms with van der Waals surface area (Å²) in [4.78, 5) is 4.47. The fourth-order valence-electron chi connectivity index (χ4n) is 4.77. The Balaban J connectivity index is 1.63. The van der Waals surface area contributed by atoms with E-state index >= 15 is 0 Å². The number of hydrogen-bond acceptors (Lipinski definition) is 2. The maximum atomic E-state index is 13.0. The number of aryl methyl sites for hydroxylation is 2. The standard InChI is InChI=1S/C27H27F3N2/c1-19-14-15-21(31-17-19)9-7-8-16-26(20(2)32-18-27(28,29)30)24-12-5-3-10-22(24)23-11-4-6-13-25(23)26/h3-6,10-15,17,32H,2,7-9,16,18H2,1H3. The van der Waals surface area contributed by atoms with Crippen molar-refractivity contribution < 1.29 is 13.2 Å². The van der Waals surface area contributed by atoms with E-state index in [1.165, 1.54) is 0 Å². The predicted octanol–water partition coefficient (Wildman–Crippen LogP) is 6.74. The van der Waals surface area contributed by atoms with Crippen LogP contribution in [0.3, 0.4) is 0 Å². The van der Waals surface area contributed by atoms with Crippen molar-refractivity contribution in [2.45, 2.75) is 44.2 Å². The summed E-state index contributed by atoms with van der Waals surface area (Å²) in [6.45, 7) is 5.05. The Bertz CT molecular complexity index is 1050. The van der Waals surface area contributed by atoms with E-state index in [4.69, 9.17) is 0 Å². The molecule has 1 aliphatic carbocycles. The van der Waals surface area contributed by atoms with Gasteiger partial charge in [0, 0.05) is 17.6 Å². The first-order valence-corrected chi connectivity index (χ1v) is 10.9. The third-order valence-corrected chi connectivity index (χ3v) is 6.29. The maximum absolute atomic E-state index is 13.0. The first kappa shape index (κ1) is 22.1. The van der Waals surface area contributed by atoms with Crippen LogP contribution in [-0.4, -0.2) is 17.7 Å². The van der Waals surface area contributed by atoms with Crippen LogP contribution in [0.2, 0.25) is 0 Å². The molecule has 0 saturated carbocycles. The number of benzene rings is 2. The summed E-state index contributed by atoms with van der Waals surface area (Å²) in [5.74, 6) is 0. The Morgan fingerprint density at radius 1 is 0.938 bits per heavy atom. The Labute approximate surface area is 187 Å². The lowest BCUT2D eigenvalue weighted by atomic mass is 9.71. The highest BCUT2D eigenvalue weighted by molar-refractivity contribution is 5.82. The molecule has 1 aromatic heterocycles. The smallest absolute Gasteiger partial charge is 0.379 e. The van der Waals surface area contributed by atoms with Gasteiger partial charge in [0.2, 0.25) is 0 Å². The Morgan fingerprint density at radius 3 is 2.12 bits per heavy atom. The fraction of sp³-hybridized carbons (Fsp3) is 0.296. The molecule has 0 unspecified atom stereocenters. The summed E-state index contributed by atoms with van der Waals surface area (Å²) >= 11 is 0. The summed E-state index contributed by atoms with van der Waals surface area (Å²) in [5, 5.41) is 2.62. The average Bonchev–Trinajstić information content (AvgIpc) is 3.07. The van der Waals surface area contributed by atoms with Crippen molar-refractivity contribution in [1.29, 1.82) is 0 Å². The molecule has 0 fully saturated rings. The molecule has 1 aliphatic rings. The summed E-state index contributed by atoms with van der Waals surface area (Å²) in [6.07, 6.45) is 0.806. The van der Waals surface area contributed by atoms with Gasteiger partial charge in [-0.25, -0.2) is 0 Å². The van der Waals surface area contributed by atoms with Gasteiger partial charge in [-0.3, -0.25) is 4.98 Å². The lowest BCUT2D eigenvalue weighted by Crippen LogP contribution is -2.39. The minimum absolute atomic E-state index is 0.403. The fourth-order valence-corrected chi connectivity index (χ4v) is 4.77. The Kier molecular flexibility index (Phi) is 6.09. The van der Waals surface area contributed by atoms with Crippen LogP contribution < -0.4 is 5.32 Å². The van der Waals surface area contributed by atoms with E-state index in [9.17, 15) is 13.2 Å². The van der Waals surface area contributed by atoms with E-state index in [2.05, 4.69) is 22.9 Å². The summed E-state index contributed by atoms with van der Waals surface area (Å²) in [7, 11) is 0. The quantitative estimate of drug-likeness (QED) is 0.396. The molecule has 0 radical (unpaired) electrons. The van der Waals surface area contributed by atoms with Crippen molar-refractivity contribution in [3.8, 4) is 11.1 Å². The van der Waals surface area contributed by atoms with E-state index in [1.807, 2.05) is 67.7 Å². The number of nitrogens with zero attached hydrogens (tertiary/aromatic N) is 1. The molecule has 0 atom stereocenters. The monoisotopic (exact) mass is 436 g/mol. The minimum Gasteiger partial charge on any atom is -0.379 e. The SMILES string of the molecule is C=C(NCC(F)(F)F)C1(CCCCc2ccc(C)cn2)c2ccccc2-c2ccccc21. The first-order valence-electron chi connectivity index (χ1n) is 10.9. The third-order valence-electron chi connectivity index (χ3n) is 6.29. The molecule has 2 aromatic carbocycles. The van der Waals surface area contributed by atoms with Gasteiger partial charge in [0.1, 0.15) is 6.54 Å². The van der Waals surface area contributed by atoms with Crippen LogP contribution >= 0.6 is 0 Å². The number of nitrogens with one attached hydrogen (secondary N) is 1. The van der Waals surface area contributed by atoms with Crippen LogP contribution in [0, 0.1) is 6.92 Å². The van der Waals surface area contributed by atoms with Crippen molar-refractivity contribution in [3.05, 3.63) is 102 Å². The van der Waals surface area contributed by atoms with E-state index in [1.54, 1.807) is 0 Å². The first-order chi connectivity index (χ1) is 15.3. The zero-order chi connectivity index (χ0) is 22.8. The molecule has 1 heterocycles. The van der Waals surface area contributed by atoms with E-state index in [0.29, 0.717) is 12.1 Å². The number of hydrogen-bond donors (Lipinski definition) is 1. The topological polar surface area (TPSA) is 24.9 Å². The molecule has 0 saturated heterocycles. The lowest BCUT2D eigenvalue weighted by Gasteiger charge is -2.35. The molecule has 0 bridgehead atoms. The van der Waals surface area contributed by atoms with E-state index < -0.39 is 18.1 Å². The maximum Gasteiger partial charge on any atom is 0.405 e. The molecule has 2 nitrogen and oxygen atoms in total. The molecule has 1 N–H and O–H groups in total. The Morgan fingerprint density at radius 2 is 1.56 bits per heavy atom. The number of pyridine rings is 1. The highest BCUT2D eigenvalue weighted by Gasteiger charge is 2.45. The van der Waals surface area contributed by atoms with Gasteiger partial charge in [-0.2, -0.15) is 13.2 Å². The zero-order valence-corrected chi connectivity index (χ0v) is 18.2. The number of aromatic nitrogens is 1. The van der Waals surface area contributed by atoms with Gasteiger partial charge in [0.15, 0.2) is 0 Å². The summed E-state index contributed by atoms with van der Waals surface area (Å²) in [5.41, 5.74) is 6.05. The van der Waals surface area contributed by atoms with Gasteiger partial charge >= 0.3 is 6.18 Å². The van der Waals surface area contributed by atoms with Gasteiger partial charge in [0.25, 0.3) is 0 Å². The van der Waals surface area contributed by atoms with Crippen molar-refractivity contribution in [2.75, 3.05) is 6.54 Å². The van der Waals surface area contributed by atoms with Crippen molar-refractivity contribution in [3.63, 3.8) is 0 Å². The van der Waals surface area contributed by atoms with Crippen LogP contribution in [0.5, 0.6) is 0 Å². The molecule has 166 valence electrons. The van der Waals surface area contributed by atoms with Crippen molar-refractivity contribution in [2.24, 2.45) is 0 Å². The number of fused-ring (bicyclic) bond motifs is 3. The number of rotatable bonds is 8. The van der Waals surface area contributed by atoms with E-state index in [-0.39, 0.29) is 0 Å². The van der Waals surface area contributed by atoms with Crippen molar-refractivity contribution >= 4 is 0 Å². The lowest BCUT2D eigenvalue weighted by molar-refractivity contribution is -0.123. The van der Waals surface area contributed by atoms with Crippen LogP contribution in [0.15, 0.2) is 79.1 Å². The van der Waals surface area contributed by atoms with Crippen LogP contribution in [0.1, 0.15) is 41.6 Å². The Hall–Kier alpha value is -3.08. The van der Waals surface area contributed by atoms with Gasteiger partial charge < -0.3 is 5.32 Å². The molecule has 3 aromatic rings. The molecular weight excluding hydrogens is 409 g/mol. The molecule has 0 spiro atoms. The molecule has 5 heteroatoms. The second kappa shape index (κ2) is 8.81. The van der Waals surface area contributed by atoms with Gasteiger partial charge in [-0.1, -0.05) is 67.6 Å².